The molecular formula is C18H26N2O3. The Bertz CT molecular complexity index is 480. The third-order valence-corrected chi connectivity index (χ3v) is 4.71. The Hall–Kier alpha value is -1.46. The van der Waals surface area contributed by atoms with Gasteiger partial charge in [-0.05, 0) is 43.7 Å². The molecule has 0 unspecified atom stereocenters. The Morgan fingerprint density at radius 1 is 1.30 bits per heavy atom. The highest BCUT2D eigenvalue weighted by Crippen LogP contribution is 2.21. The van der Waals surface area contributed by atoms with E-state index in [2.05, 4.69) is 4.98 Å². The first-order valence-electron chi connectivity index (χ1n) is 8.68. The molecule has 5 heteroatoms. The van der Waals surface area contributed by atoms with Gasteiger partial charge in [-0.25, -0.2) is 0 Å². The second-order valence-corrected chi connectivity index (χ2v) is 6.50. The molecule has 2 fully saturated rings. The molecule has 0 spiro atoms. The summed E-state index contributed by atoms with van der Waals surface area (Å²) >= 11 is 0. The fourth-order valence-electron chi connectivity index (χ4n) is 3.30. The predicted octanol–water partition coefficient (Wildman–Crippen LogP) is 2.41. The number of rotatable bonds is 5. The van der Waals surface area contributed by atoms with Crippen molar-refractivity contribution in [1.29, 1.82) is 0 Å². The lowest BCUT2D eigenvalue weighted by Gasteiger charge is -2.33. The standard InChI is InChI=1S/C18H26N2O3/c21-18(12-15-4-3-11-22-13-15)20-9-6-17(7-10-20)23-14-16-5-1-2-8-19-16/h1-2,5,8,15,17H,3-4,6-7,9-14H2/t15-/m0/s1. The van der Waals surface area contributed by atoms with Crippen LogP contribution in [0, 0.1) is 5.92 Å². The van der Waals surface area contributed by atoms with Crippen molar-refractivity contribution in [2.45, 2.75) is 44.8 Å². The minimum absolute atomic E-state index is 0.235. The number of aromatic nitrogens is 1. The summed E-state index contributed by atoms with van der Waals surface area (Å²) in [5, 5.41) is 0. The van der Waals surface area contributed by atoms with Crippen molar-refractivity contribution in [3.8, 4) is 0 Å². The van der Waals surface area contributed by atoms with Gasteiger partial charge in [0, 0.05) is 38.9 Å². The van der Waals surface area contributed by atoms with Gasteiger partial charge >= 0.3 is 0 Å². The smallest absolute Gasteiger partial charge is 0.222 e. The zero-order chi connectivity index (χ0) is 15.9. The lowest BCUT2D eigenvalue weighted by Crippen LogP contribution is -2.42. The molecule has 2 aliphatic rings. The van der Waals surface area contributed by atoms with E-state index in [1.165, 1.54) is 0 Å². The fourth-order valence-corrected chi connectivity index (χ4v) is 3.30. The van der Waals surface area contributed by atoms with Crippen LogP contribution in [-0.2, 0) is 20.9 Å². The van der Waals surface area contributed by atoms with Gasteiger partial charge < -0.3 is 14.4 Å². The van der Waals surface area contributed by atoms with Crippen molar-refractivity contribution in [3.05, 3.63) is 30.1 Å². The van der Waals surface area contributed by atoms with Gasteiger partial charge in [0.1, 0.15) is 0 Å². The van der Waals surface area contributed by atoms with Gasteiger partial charge in [0.05, 0.1) is 18.4 Å². The van der Waals surface area contributed by atoms with Crippen molar-refractivity contribution < 1.29 is 14.3 Å². The first kappa shape index (κ1) is 16.4. The summed E-state index contributed by atoms with van der Waals surface area (Å²) in [5.41, 5.74) is 0.961. The molecule has 1 aromatic heterocycles. The Morgan fingerprint density at radius 2 is 2.17 bits per heavy atom. The molecule has 0 saturated carbocycles. The molecule has 0 aliphatic carbocycles. The molecular weight excluding hydrogens is 292 g/mol. The summed E-state index contributed by atoms with van der Waals surface area (Å²) in [7, 11) is 0. The molecule has 1 amide bonds. The van der Waals surface area contributed by atoms with E-state index >= 15 is 0 Å². The molecule has 5 nitrogen and oxygen atoms in total. The van der Waals surface area contributed by atoms with Crippen LogP contribution in [0.2, 0.25) is 0 Å². The van der Waals surface area contributed by atoms with E-state index in [1.807, 2.05) is 23.1 Å². The summed E-state index contributed by atoms with van der Waals surface area (Å²) in [6, 6.07) is 5.86. The van der Waals surface area contributed by atoms with E-state index in [9.17, 15) is 4.79 Å². The quantitative estimate of drug-likeness (QED) is 0.836. The minimum atomic E-state index is 0.235. The average Bonchev–Trinajstić information content (AvgIpc) is 2.62. The van der Waals surface area contributed by atoms with Crippen molar-refractivity contribution in [3.63, 3.8) is 0 Å². The Kier molecular flexibility index (Phi) is 6.00. The van der Waals surface area contributed by atoms with Gasteiger partial charge in [-0.1, -0.05) is 6.07 Å². The molecule has 3 heterocycles. The van der Waals surface area contributed by atoms with Gasteiger partial charge in [-0.3, -0.25) is 9.78 Å². The van der Waals surface area contributed by atoms with Crippen LogP contribution < -0.4 is 0 Å². The topological polar surface area (TPSA) is 51.7 Å². The van der Waals surface area contributed by atoms with Gasteiger partial charge in [-0.15, -0.1) is 0 Å². The molecule has 2 aliphatic heterocycles. The summed E-state index contributed by atoms with van der Waals surface area (Å²) in [6.45, 7) is 3.76. The Balaban J connectivity index is 1.37. The molecule has 126 valence electrons. The Morgan fingerprint density at radius 3 is 2.87 bits per heavy atom. The van der Waals surface area contributed by atoms with Crippen LogP contribution in [0.5, 0.6) is 0 Å². The van der Waals surface area contributed by atoms with Crippen LogP contribution >= 0.6 is 0 Å². The molecule has 3 rings (SSSR count). The third-order valence-electron chi connectivity index (χ3n) is 4.71. The van der Waals surface area contributed by atoms with Crippen molar-refractivity contribution in [2.75, 3.05) is 26.3 Å². The highest BCUT2D eigenvalue weighted by molar-refractivity contribution is 5.76. The van der Waals surface area contributed by atoms with E-state index in [-0.39, 0.29) is 12.0 Å². The van der Waals surface area contributed by atoms with Crippen LogP contribution in [0.4, 0.5) is 0 Å². The van der Waals surface area contributed by atoms with E-state index in [0.29, 0.717) is 18.9 Å². The predicted molar refractivity (Wildman–Crippen MR) is 86.8 cm³/mol. The normalized spacial score (nSPS) is 23.0. The van der Waals surface area contributed by atoms with Crippen LogP contribution in [0.15, 0.2) is 24.4 Å². The molecule has 0 radical (unpaired) electrons. The Labute approximate surface area is 138 Å². The number of carbonyl (C=O) groups excluding carboxylic acids is 1. The SMILES string of the molecule is O=C(C[C@@H]1CCCOC1)N1CCC(OCc2ccccn2)CC1. The van der Waals surface area contributed by atoms with E-state index < -0.39 is 0 Å². The van der Waals surface area contributed by atoms with E-state index in [4.69, 9.17) is 9.47 Å². The van der Waals surface area contributed by atoms with Gasteiger partial charge in [0.15, 0.2) is 0 Å². The number of hydrogen-bond donors (Lipinski definition) is 0. The second kappa shape index (κ2) is 8.41. The monoisotopic (exact) mass is 318 g/mol. The summed E-state index contributed by atoms with van der Waals surface area (Å²) in [6.07, 6.45) is 6.70. The molecule has 0 bridgehead atoms. The highest BCUT2D eigenvalue weighted by Gasteiger charge is 2.26. The molecule has 0 aromatic carbocycles. The molecule has 1 aromatic rings. The number of carbonyl (C=O) groups is 1. The summed E-state index contributed by atoms with van der Waals surface area (Å²) in [5.74, 6) is 0.693. The lowest BCUT2D eigenvalue weighted by atomic mass is 9.97. The first-order chi connectivity index (χ1) is 11.3. The molecule has 2 saturated heterocycles. The number of hydrogen-bond acceptors (Lipinski definition) is 4. The fraction of sp³-hybridized carbons (Fsp3) is 0.667. The lowest BCUT2D eigenvalue weighted by molar-refractivity contribution is -0.136. The highest BCUT2D eigenvalue weighted by atomic mass is 16.5. The first-order valence-corrected chi connectivity index (χ1v) is 8.68. The third kappa shape index (κ3) is 5.01. The van der Waals surface area contributed by atoms with Gasteiger partial charge in [0.2, 0.25) is 5.91 Å². The number of amides is 1. The number of piperidine rings is 1. The van der Waals surface area contributed by atoms with Crippen LogP contribution in [-0.4, -0.2) is 48.2 Å². The summed E-state index contributed by atoms with van der Waals surface area (Å²) < 4.78 is 11.4. The van der Waals surface area contributed by atoms with Gasteiger partial charge in [-0.2, -0.15) is 0 Å². The minimum Gasteiger partial charge on any atom is -0.381 e. The van der Waals surface area contributed by atoms with E-state index in [1.54, 1.807) is 6.20 Å². The van der Waals surface area contributed by atoms with Crippen molar-refractivity contribution in [1.82, 2.24) is 9.88 Å². The molecule has 23 heavy (non-hydrogen) atoms. The number of likely N-dealkylation sites (tertiary alicyclic amines) is 1. The maximum absolute atomic E-state index is 12.4. The van der Waals surface area contributed by atoms with Crippen molar-refractivity contribution in [2.24, 2.45) is 5.92 Å². The van der Waals surface area contributed by atoms with Crippen LogP contribution in [0.1, 0.15) is 37.8 Å². The van der Waals surface area contributed by atoms with E-state index in [0.717, 1.165) is 57.7 Å². The maximum Gasteiger partial charge on any atom is 0.222 e. The number of nitrogens with zero attached hydrogens (tertiary/aromatic N) is 2. The second-order valence-electron chi connectivity index (χ2n) is 6.50. The van der Waals surface area contributed by atoms with Gasteiger partial charge in [0.25, 0.3) is 0 Å². The number of ether oxygens (including phenoxy) is 2. The molecule has 1 atom stereocenters. The maximum atomic E-state index is 12.4. The zero-order valence-corrected chi connectivity index (χ0v) is 13.7. The number of pyridine rings is 1. The van der Waals surface area contributed by atoms with Crippen LogP contribution in [0.25, 0.3) is 0 Å². The van der Waals surface area contributed by atoms with Crippen molar-refractivity contribution >= 4 is 5.91 Å². The average molecular weight is 318 g/mol. The molecule has 0 N–H and O–H groups in total. The van der Waals surface area contributed by atoms with Crippen LogP contribution in [0.3, 0.4) is 0 Å². The zero-order valence-electron chi connectivity index (χ0n) is 13.7. The summed E-state index contributed by atoms with van der Waals surface area (Å²) in [4.78, 5) is 18.6. The largest absolute Gasteiger partial charge is 0.381 e.